The van der Waals surface area contributed by atoms with Crippen molar-refractivity contribution in [1.29, 1.82) is 10.5 Å². The van der Waals surface area contributed by atoms with E-state index in [9.17, 15) is 10.5 Å². The average Bonchev–Trinajstić information content (AvgIpc) is 3.17. The standard InChI is InChI=1S/C26H37N7S/c1-7-31(8-2)13-15-33(16-14-32(9-3)10-4)22-11-12-24(20(5)17-22)29-30-26-23(18-27)21(6)25(19-28)34-26/h11-12,17H,7-10,13-16H2,1-6H3/b30-29+. The predicted molar refractivity (Wildman–Crippen MR) is 142 cm³/mol. The van der Waals surface area contributed by atoms with Gasteiger partial charge in [-0.25, -0.2) is 0 Å². The third-order valence-corrected chi connectivity index (χ3v) is 7.38. The van der Waals surface area contributed by atoms with Crippen LogP contribution in [0.3, 0.4) is 0 Å². The van der Waals surface area contributed by atoms with E-state index in [0.717, 1.165) is 63.6 Å². The first-order valence-corrected chi connectivity index (χ1v) is 12.9. The Morgan fingerprint density at radius 3 is 1.88 bits per heavy atom. The quantitative estimate of drug-likeness (QED) is 0.328. The highest BCUT2D eigenvalue weighted by Crippen LogP contribution is 2.36. The molecular formula is C26H37N7S. The van der Waals surface area contributed by atoms with Gasteiger partial charge in [0.15, 0.2) is 5.00 Å². The van der Waals surface area contributed by atoms with E-state index in [1.165, 1.54) is 17.0 Å². The number of hydrogen-bond donors (Lipinski definition) is 0. The predicted octanol–water partition coefficient (Wildman–Crippen LogP) is 6.01. The summed E-state index contributed by atoms with van der Waals surface area (Å²) >= 11 is 1.21. The van der Waals surface area contributed by atoms with Gasteiger partial charge in [-0.05, 0) is 69.4 Å². The molecule has 0 aliphatic carbocycles. The number of nitriles is 2. The van der Waals surface area contributed by atoms with Crippen molar-refractivity contribution in [3.8, 4) is 12.1 Å². The monoisotopic (exact) mass is 479 g/mol. The fourth-order valence-corrected chi connectivity index (χ4v) is 4.71. The molecule has 2 rings (SSSR count). The zero-order valence-corrected chi connectivity index (χ0v) is 22.2. The first-order chi connectivity index (χ1) is 16.4. The van der Waals surface area contributed by atoms with E-state index in [1.807, 2.05) is 13.0 Å². The minimum atomic E-state index is 0.429. The number of anilines is 1. The van der Waals surface area contributed by atoms with Gasteiger partial charge in [-0.3, -0.25) is 0 Å². The first kappa shape index (κ1) is 27.5. The van der Waals surface area contributed by atoms with Crippen molar-refractivity contribution in [2.45, 2.75) is 41.5 Å². The largest absolute Gasteiger partial charge is 0.369 e. The van der Waals surface area contributed by atoms with Crippen LogP contribution in [-0.2, 0) is 0 Å². The summed E-state index contributed by atoms with van der Waals surface area (Å²) in [6.07, 6.45) is 0. The summed E-state index contributed by atoms with van der Waals surface area (Å²) in [6, 6.07) is 10.6. The molecule has 0 fully saturated rings. The number of benzene rings is 1. The van der Waals surface area contributed by atoms with Gasteiger partial charge in [-0.15, -0.1) is 21.6 Å². The van der Waals surface area contributed by atoms with Gasteiger partial charge in [-0.1, -0.05) is 27.7 Å². The van der Waals surface area contributed by atoms with Crippen molar-refractivity contribution >= 4 is 27.7 Å². The fourth-order valence-electron chi connectivity index (χ4n) is 3.83. The summed E-state index contributed by atoms with van der Waals surface area (Å²) < 4.78 is 0. The number of likely N-dealkylation sites (N-methyl/N-ethyl adjacent to an activating group) is 2. The molecule has 34 heavy (non-hydrogen) atoms. The van der Waals surface area contributed by atoms with E-state index >= 15 is 0 Å². The third kappa shape index (κ3) is 7.11. The Bertz CT molecular complexity index is 1020. The second-order valence-electron chi connectivity index (χ2n) is 8.17. The highest BCUT2D eigenvalue weighted by atomic mass is 32.1. The summed E-state index contributed by atoms with van der Waals surface area (Å²) in [5.74, 6) is 0. The molecule has 1 aromatic carbocycles. The van der Waals surface area contributed by atoms with Crippen LogP contribution >= 0.6 is 11.3 Å². The molecule has 2 aromatic rings. The van der Waals surface area contributed by atoms with Crippen LogP contribution in [0.5, 0.6) is 0 Å². The van der Waals surface area contributed by atoms with Crippen LogP contribution in [-0.4, -0.2) is 62.2 Å². The molecule has 0 atom stereocenters. The van der Waals surface area contributed by atoms with Crippen LogP contribution < -0.4 is 4.90 Å². The van der Waals surface area contributed by atoms with E-state index in [4.69, 9.17) is 0 Å². The second-order valence-corrected chi connectivity index (χ2v) is 9.17. The molecule has 0 N–H and O–H groups in total. The maximum atomic E-state index is 9.44. The van der Waals surface area contributed by atoms with Gasteiger partial charge in [0.1, 0.15) is 17.0 Å². The van der Waals surface area contributed by atoms with Crippen LogP contribution in [0.25, 0.3) is 0 Å². The number of thiophene rings is 1. The van der Waals surface area contributed by atoms with Crippen LogP contribution in [0.15, 0.2) is 28.4 Å². The molecule has 8 heteroatoms. The van der Waals surface area contributed by atoms with Crippen molar-refractivity contribution in [2.24, 2.45) is 10.2 Å². The molecule has 1 heterocycles. The van der Waals surface area contributed by atoms with Gasteiger partial charge < -0.3 is 14.7 Å². The summed E-state index contributed by atoms with van der Waals surface area (Å²) in [6.45, 7) is 20.9. The van der Waals surface area contributed by atoms with E-state index in [-0.39, 0.29) is 0 Å². The Morgan fingerprint density at radius 1 is 0.824 bits per heavy atom. The average molecular weight is 480 g/mol. The molecule has 1 aromatic heterocycles. The molecule has 7 nitrogen and oxygen atoms in total. The Labute approximate surface area is 208 Å². The topological polar surface area (TPSA) is 82.0 Å². The van der Waals surface area contributed by atoms with Gasteiger partial charge in [0.05, 0.1) is 11.3 Å². The van der Waals surface area contributed by atoms with Crippen LogP contribution in [0.1, 0.15) is 49.3 Å². The van der Waals surface area contributed by atoms with Gasteiger partial charge >= 0.3 is 0 Å². The summed E-state index contributed by atoms with van der Waals surface area (Å²) in [5, 5.41) is 27.9. The summed E-state index contributed by atoms with van der Waals surface area (Å²) in [5.41, 5.74) is 4.09. The van der Waals surface area contributed by atoms with Crippen molar-refractivity contribution in [3.63, 3.8) is 0 Å². The van der Waals surface area contributed by atoms with Crippen molar-refractivity contribution in [1.82, 2.24) is 9.80 Å². The van der Waals surface area contributed by atoms with Crippen LogP contribution in [0.4, 0.5) is 16.4 Å². The Hall–Kier alpha value is -2.78. The molecule has 0 amide bonds. The smallest absolute Gasteiger partial charge is 0.158 e. The number of nitrogens with zero attached hydrogens (tertiary/aromatic N) is 7. The molecule has 182 valence electrons. The van der Waals surface area contributed by atoms with Crippen LogP contribution in [0.2, 0.25) is 0 Å². The molecule has 0 saturated heterocycles. The molecule has 0 spiro atoms. The molecule has 0 radical (unpaired) electrons. The lowest BCUT2D eigenvalue weighted by atomic mass is 10.1. The zero-order valence-electron chi connectivity index (χ0n) is 21.4. The number of rotatable bonds is 13. The normalized spacial score (nSPS) is 11.4. The van der Waals surface area contributed by atoms with Gasteiger partial charge in [0, 0.05) is 31.9 Å². The molecular weight excluding hydrogens is 442 g/mol. The lowest BCUT2D eigenvalue weighted by Gasteiger charge is -2.30. The second kappa shape index (κ2) is 13.8. The highest BCUT2D eigenvalue weighted by Gasteiger charge is 2.15. The van der Waals surface area contributed by atoms with Crippen molar-refractivity contribution in [2.75, 3.05) is 57.3 Å². The van der Waals surface area contributed by atoms with Gasteiger partial charge in [0.2, 0.25) is 0 Å². The lowest BCUT2D eigenvalue weighted by Crippen LogP contribution is -2.40. The van der Waals surface area contributed by atoms with Crippen molar-refractivity contribution in [3.05, 3.63) is 39.8 Å². The van der Waals surface area contributed by atoms with Crippen molar-refractivity contribution < 1.29 is 0 Å². The zero-order chi connectivity index (χ0) is 25.1. The molecule has 0 bridgehead atoms. The minimum absolute atomic E-state index is 0.429. The molecule has 0 saturated carbocycles. The molecule has 0 aliphatic heterocycles. The SMILES string of the molecule is CCN(CC)CCN(CCN(CC)CC)c1ccc(/N=N/c2sc(C#N)c(C)c2C#N)c(C)c1. The maximum Gasteiger partial charge on any atom is 0.158 e. The number of azo groups is 1. The van der Waals surface area contributed by atoms with Gasteiger partial charge in [0.25, 0.3) is 0 Å². The lowest BCUT2D eigenvalue weighted by molar-refractivity contribution is 0.294. The Kier molecular flexibility index (Phi) is 11.2. The Balaban J connectivity index is 2.26. The fraction of sp³-hybridized carbons (Fsp3) is 0.538. The first-order valence-electron chi connectivity index (χ1n) is 12.1. The molecule has 0 aliphatic rings. The van der Waals surface area contributed by atoms with Gasteiger partial charge in [-0.2, -0.15) is 10.5 Å². The van der Waals surface area contributed by atoms with E-state index < -0.39 is 0 Å². The highest BCUT2D eigenvalue weighted by molar-refractivity contribution is 7.16. The minimum Gasteiger partial charge on any atom is -0.369 e. The van der Waals surface area contributed by atoms with Crippen LogP contribution in [0, 0.1) is 36.5 Å². The summed E-state index contributed by atoms with van der Waals surface area (Å²) in [4.78, 5) is 7.87. The maximum absolute atomic E-state index is 9.44. The molecule has 0 unspecified atom stereocenters. The number of aryl methyl sites for hydroxylation is 1. The summed E-state index contributed by atoms with van der Waals surface area (Å²) in [7, 11) is 0. The van der Waals surface area contributed by atoms with E-state index in [0.29, 0.717) is 21.0 Å². The van der Waals surface area contributed by atoms with E-state index in [2.05, 4.69) is 76.9 Å². The third-order valence-electron chi connectivity index (χ3n) is 6.30. The van der Waals surface area contributed by atoms with E-state index in [1.54, 1.807) is 6.92 Å². The Morgan fingerprint density at radius 2 is 1.41 bits per heavy atom. The number of hydrogen-bond acceptors (Lipinski definition) is 8.